The van der Waals surface area contributed by atoms with E-state index in [-0.39, 0.29) is 17.4 Å². The van der Waals surface area contributed by atoms with Crippen LogP contribution < -0.4 is 5.73 Å². The van der Waals surface area contributed by atoms with Crippen LogP contribution in [0.3, 0.4) is 0 Å². The van der Waals surface area contributed by atoms with Crippen LogP contribution in [0.15, 0.2) is 6.20 Å². The number of carbonyl (C=O) groups is 1. The first-order valence-corrected chi connectivity index (χ1v) is 7.61. The predicted octanol–water partition coefficient (Wildman–Crippen LogP) is 1.49. The first kappa shape index (κ1) is 12.9. The number of likely N-dealkylation sites (tertiary alicyclic amines) is 1. The first-order chi connectivity index (χ1) is 9.11. The van der Waals surface area contributed by atoms with Crippen LogP contribution in [0.2, 0.25) is 0 Å². The van der Waals surface area contributed by atoms with Crippen molar-refractivity contribution in [3.8, 4) is 0 Å². The van der Waals surface area contributed by atoms with E-state index in [4.69, 9.17) is 5.73 Å². The molecule has 2 fully saturated rings. The van der Waals surface area contributed by atoms with Crippen molar-refractivity contribution < 1.29 is 9.90 Å². The number of carbonyl (C=O) groups excluding carboxylic acids is 1. The highest BCUT2D eigenvalue weighted by atomic mass is 32.1. The maximum Gasteiger partial charge on any atom is 0.265 e. The van der Waals surface area contributed by atoms with Gasteiger partial charge in [0, 0.05) is 18.5 Å². The highest BCUT2D eigenvalue weighted by Crippen LogP contribution is 2.45. The first-order valence-electron chi connectivity index (χ1n) is 6.79. The van der Waals surface area contributed by atoms with Gasteiger partial charge in [-0.05, 0) is 25.7 Å². The highest BCUT2D eigenvalue weighted by Gasteiger charge is 2.45. The Balaban J connectivity index is 1.76. The molecule has 3 N–H and O–H groups in total. The lowest BCUT2D eigenvalue weighted by Gasteiger charge is -2.42. The average Bonchev–Trinajstić information content (AvgIpc) is 2.97. The van der Waals surface area contributed by atoms with Gasteiger partial charge < -0.3 is 15.7 Å². The van der Waals surface area contributed by atoms with E-state index in [1.54, 1.807) is 6.20 Å². The van der Waals surface area contributed by atoms with E-state index in [9.17, 15) is 9.90 Å². The fourth-order valence-electron chi connectivity index (χ4n) is 3.47. The van der Waals surface area contributed by atoms with E-state index >= 15 is 0 Å². The minimum absolute atomic E-state index is 0.00683. The number of aliphatic hydroxyl groups excluding tert-OH is 1. The molecule has 5 nitrogen and oxygen atoms in total. The number of aliphatic hydroxyl groups is 1. The monoisotopic (exact) mass is 281 g/mol. The van der Waals surface area contributed by atoms with Gasteiger partial charge in [0.15, 0.2) is 5.13 Å². The molecule has 1 saturated heterocycles. The Morgan fingerprint density at radius 3 is 2.95 bits per heavy atom. The summed E-state index contributed by atoms with van der Waals surface area (Å²) in [7, 11) is 0. The van der Waals surface area contributed by atoms with Crippen LogP contribution in [0.4, 0.5) is 5.13 Å². The molecule has 19 heavy (non-hydrogen) atoms. The van der Waals surface area contributed by atoms with Gasteiger partial charge in [-0.15, -0.1) is 0 Å². The summed E-state index contributed by atoms with van der Waals surface area (Å²) >= 11 is 1.23. The number of amides is 1. The number of nitrogen functional groups attached to an aromatic ring is 1. The molecule has 3 rings (SSSR count). The number of nitrogens with zero attached hydrogens (tertiary/aromatic N) is 2. The summed E-state index contributed by atoms with van der Waals surface area (Å²) in [5.74, 6) is 0.00683. The van der Waals surface area contributed by atoms with Gasteiger partial charge in [-0.1, -0.05) is 17.8 Å². The van der Waals surface area contributed by atoms with Gasteiger partial charge in [-0.25, -0.2) is 4.98 Å². The van der Waals surface area contributed by atoms with Crippen molar-refractivity contribution in [1.29, 1.82) is 0 Å². The van der Waals surface area contributed by atoms with Crippen molar-refractivity contribution in [2.45, 2.75) is 38.2 Å². The van der Waals surface area contributed by atoms with Crippen molar-refractivity contribution in [3.05, 3.63) is 11.1 Å². The van der Waals surface area contributed by atoms with Gasteiger partial charge in [0.05, 0.1) is 12.3 Å². The molecule has 6 heteroatoms. The summed E-state index contributed by atoms with van der Waals surface area (Å²) in [6.07, 6.45) is 6.26. The van der Waals surface area contributed by atoms with Crippen LogP contribution in [0.25, 0.3) is 0 Å². The number of nitrogens with two attached hydrogens (primary N) is 1. The average molecular weight is 281 g/mol. The predicted molar refractivity (Wildman–Crippen MR) is 74.0 cm³/mol. The quantitative estimate of drug-likeness (QED) is 0.817. The smallest absolute Gasteiger partial charge is 0.265 e. The summed E-state index contributed by atoms with van der Waals surface area (Å²) in [6, 6.07) is 0. The van der Waals surface area contributed by atoms with E-state index in [1.807, 2.05) is 4.90 Å². The minimum atomic E-state index is -0.255. The molecule has 1 amide bonds. The second kappa shape index (κ2) is 4.76. The second-order valence-electron chi connectivity index (χ2n) is 5.66. The number of hydrogen-bond donors (Lipinski definition) is 2. The number of thiazole rings is 1. The molecule has 2 aliphatic rings. The molecule has 1 spiro atoms. The highest BCUT2D eigenvalue weighted by molar-refractivity contribution is 7.17. The molecule has 0 bridgehead atoms. The topological polar surface area (TPSA) is 79.5 Å². The zero-order chi connectivity index (χ0) is 13.5. The third kappa shape index (κ3) is 2.23. The molecule has 104 valence electrons. The zero-order valence-corrected chi connectivity index (χ0v) is 11.7. The Morgan fingerprint density at radius 2 is 2.32 bits per heavy atom. The van der Waals surface area contributed by atoms with Crippen LogP contribution in [-0.2, 0) is 0 Å². The number of piperidine rings is 1. The van der Waals surface area contributed by atoms with Crippen LogP contribution >= 0.6 is 11.3 Å². The van der Waals surface area contributed by atoms with Gasteiger partial charge in [-0.3, -0.25) is 4.79 Å². The van der Waals surface area contributed by atoms with Crippen LogP contribution in [0.5, 0.6) is 0 Å². The third-order valence-electron chi connectivity index (χ3n) is 4.49. The Bertz CT molecular complexity index is 490. The molecule has 1 aromatic rings. The number of rotatable bonds is 1. The van der Waals surface area contributed by atoms with Crippen molar-refractivity contribution in [2.75, 3.05) is 18.8 Å². The van der Waals surface area contributed by atoms with Gasteiger partial charge in [0.1, 0.15) is 4.88 Å². The molecule has 2 atom stereocenters. The second-order valence-corrected chi connectivity index (χ2v) is 6.73. The molecular formula is C13H19N3O2S. The summed E-state index contributed by atoms with van der Waals surface area (Å²) < 4.78 is 0. The molecule has 1 aliphatic heterocycles. The molecule has 1 aliphatic carbocycles. The lowest BCUT2D eigenvalue weighted by molar-refractivity contribution is -0.00520. The van der Waals surface area contributed by atoms with Crippen molar-refractivity contribution in [1.82, 2.24) is 9.88 Å². The summed E-state index contributed by atoms with van der Waals surface area (Å²) in [4.78, 5) is 18.8. The van der Waals surface area contributed by atoms with Crippen molar-refractivity contribution in [3.63, 3.8) is 0 Å². The maximum atomic E-state index is 12.4. The van der Waals surface area contributed by atoms with E-state index < -0.39 is 0 Å². The number of aromatic nitrogens is 1. The van der Waals surface area contributed by atoms with Crippen LogP contribution in [0, 0.1) is 5.41 Å². The largest absolute Gasteiger partial charge is 0.392 e. The molecule has 0 unspecified atom stereocenters. The van der Waals surface area contributed by atoms with E-state index in [0.717, 1.165) is 38.6 Å². The van der Waals surface area contributed by atoms with E-state index in [2.05, 4.69) is 4.98 Å². The van der Waals surface area contributed by atoms with Gasteiger partial charge in [-0.2, -0.15) is 0 Å². The van der Waals surface area contributed by atoms with Crippen LogP contribution in [0.1, 0.15) is 41.8 Å². The lowest BCUT2D eigenvalue weighted by atomic mass is 9.76. The lowest BCUT2D eigenvalue weighted by Crippen LogP contribution is -2.49. The minimum Gasteiger partial charge on any atom is -0.392 e. The Kier molecular flexibility index (Phi) is 3.22. The summed E-state index contributed by atoms with van der Waals surface area (Å²) in [6.45, 7) is 1.44. The molecule has 0 aromatic carbocycles. The SMILES string of the molecule is Nc1ncc(C(=O)N2CCC[C@]3(CCC[C@H]3O)C2)s1. The standard InChI is InChI=1S/C13H19N3O2S/c14-12-15-7-9(19-12)11(18)16-6-2-5-13(8-16)4-1-3-10(13)17/h7,10,17H,1-6,8H2,(H2,14,15)/t10-,13-/m1/s1. The maximum absolute atomic E-state index is 12.4. The molecule has 2 heterocycles. The Labute approximate surface area is 116 Å². The van der Waals surface area contributed by atoms with E-state index in [1.165, 1.54) is 11.3 Å². The Hall–Kier alpha value is -1.14. The fraction of sp³-hybridized carbons (Fsp3) is 0.692. The normalized spacial score (nSPS) is 31.0. The third-order valence-corrected chi connectivity index (χ3v) is 5.30. The zero-order valence-electron chi connectivity index (χ0n) is 10.8. The summed E-state index contributed by atoms with van der Waals surface area (Å²) in [5, 5.41) is 10.6. The van der Waals surface area contributed by atoms with Gasteiger partial charge in [0.2, 0.25) is 0 Å². The molecule has 1 aromatic heterocycles. The van der Waals surface area contributed by atoms with Gasteiger partial charge in [0.25, 0.3) is 5.91 Å². The van der Waals surface area contributed by atoms with Crippen molar-refractivity contribution in [2.24, 2.45) is 5.41 Å². The van der Waals surface area contributed by atoms with Crippen LogP contribution in [-0.4, -0.2) is 40.1 Å². The summed E-state index contributed by atoms with van der Waals surface area (Å²) in [5.41, 5.74) is 5.51. The van der Waals surface area contributed by atoms with Gasteiger partial charge >= 0.3 is 0 Å². The number of anilines is 1. The fourth-order valence-corrected chi connectivity index (χ4v) is 4.12. The molecular weight excluding hydrogens is 262 g/mol. The molecule has 0 radical (unpaired) electrons. The van der Waals surface area contributed by atoms with E-state index in [0.29, 0.717) is 16.6 Å². The molecule has 1 saturated carbocycles. The van der Waals surface area contributed by atoms with Crippen molar-refractivity contribution >= 4 is 22.4 Å². The Morgan fingerprint density at radius 1 is 1.53 bits per heavy atom. The number of hydrogen-bond acceptors (Lipinski definition) is 5.